The van der Waals surface area contributed by atoms with E-state index in [1.807, 2.05) is 0 Å². The highest BCUT2D eigenvalue weighted by atomic mass is 35.6. The summed E-state index contributed by atoms with van der Waals surface area (Å²) in [6.07, 6.45) is -0.160. The van der Waals surface area contributed by atoms with E-state index >= 15 is 0 Å². The van der Waals surface area contributed by atoms with E-state index in [-0.39, 0.29) is 12.0 Å². The minimum atomic E-state index is -1.56. The monoisotopic (exact) mass is 202 g/mol. The van der Waals surface area contributed by atoms with Gasteiger partial charge in [-0.05, 0) is 0 Å². The van der Waals surface area contributed by atoms with Crippen LogP contribution >= 0.6 is 34.8 Å². The van der Waals surface area contributed by atoms with Gasteiger partial charge in [0.25, 0.3) is 0 Å². The van der Waals surface area contributed by atoms with Crippen molar-refractivity contribution < 1.29 is 9.90 Å². The van der Waals surface area contributed by atoms with Crippen molar-refractivity contribution >= 4 is 40.8 Å². The minimum absolute atomic E-state index is 0.111. The fourth-order valence-corrected chi connectivity index (χ4v) is 0.801. The Morgan fingerprint density at radius 1 is 1.50 bits per heavy atom. The molecule has 0 aromatic heterocycles. The molecule has 2 nitrogen and oxygen atoms in total. The lowest BCUT2D eigenvalue weighted by atomic mass is 10.2. The molecule has 0 rings (SSSR count). The van der Waals surface area contributed by atoms with Crippen LogP contribution in [-0.2, 0) is 4.79 Å². The lowest BCUT2D eigenvalue weighted by Crippen LogP contribution is -2.09. The SMILES string of the molecule is C=C(CC(Cl)(Cl)Cl)C(=O)O. The summed E-state index contributed by atoms with van der Waals surface area (Å²) in [6.45, 7) is 3.19. The first-order valence-electron chi connectivity index (χ1n) is 2.31. The van der Waals surface area contributed by atoms with E-state index in [0.717, 1.165) is 0 Å². The van der Waals surface area contributed by atoms with Crippen LogP contribution in [0.15, 0.2) is 12.2 Å². The number of halogens is 3. The van der Waals surface area contributed by atoms with Crippen LogP contribution in [0.3, 0.4) is 0 Å². The van der Waals surface area contributed by atoms with E-state index in [2.05, 4.69) is 6.58 Å². The second-order valence-corrected chi connectivity index (χ2v) is 4.22. The van der Waals surface area contributed by atoms with Gasteiger partial charge in [0.05, 0.1) is 0 Å². The summed E-state index contributed by atoms with van der Waals surface area (Å²) in [6, 6.07) is 0. The van der Waals surface area contributed by atoms with Crippen LogP contribution < -0.4 is 0 Å². The highest BCUT2D eigenvalue weighted by Crippen LogP contribution is 2.32. The van der Waals surface area contributed by atoms with E-state index in [4.69, 9.17) is 39.9 Å². The minimum Gasteiger partial charge on any atom is -0.478 e. The van der Waals surface area contributed by atoms with Gasteiger partial charge in [0.2, 0.25) is 0 Å². The number of hydrogen-bond acceptors (Lipinski definition) is 1. The average Bonchev–Trinajstić information content (AvgIpc) is 1.60. The van der Waals surface area contributed by atoms with E-state index < -0.39 is 9.76 Å². The molecule has 0 bridgehead atoms. The van der Waals surface area contributed by atoms with Crippen LogP contribution in [0.2, 0.25) is 0 Å². The maximum Gasteiger partial charge on any atom is 0.331 e. The second-order valence-electron chi connectivity index (χ2n) is 1.70. The molecule has 0 unspecified atom stereocenters. The zero-order valence-corrected chi connectivity index (χ0v) is 7.17. The maximum absolute atomic E-state index is 10.1. The Bertz CT molecular complexity index is 159. The topological polar surface area (TPSA) is 37.3 Å². The van der Waals surface area contributed by atoms with Gasteiger partial charge >= 0.3 is 5.97 Å². The molecule has 0 heterocycles. The first-order valence-corrected chi connectivity index (χ1v) is 3.44. The van der Waals surface area contributed by atoms with Crippen molar-refractivity contribution in [3.8, 4) is 0 Å². The number of alkyl halides is 3. The highest BCUT2D eigenvalue weighted by Gasteiger charge is 2.23. The lowest BCUT2D eigenvalue weighted by molar-refractivity contribution is -0.132. The molecule has 0 fully saturated rings. The van der Waals surface area contributed by atoms with Gasteiger partial charge < -0.3 is 5.11 Å². The number of aliphatic carboxylic acids is 1. The molecule has 5 heteroatoms. The summed E-state index contributed by atoms with van der Waals surface area (Å²) >= 11 is 15.8. The molecular formula is C5H5Cl3O2. The van der Waals surface area contributed by atoms with Crippen molar-refractivity contribution in [2.75, 3.05) is 0 Å². The van der Waals surface area contributed by atoms with Crippen LogP contribution in [0.1, 0.15) is 6.42 Å². The van der Waals surface area contributed by atoms with Gasteiger partial charge in [-0.15, -0.1) is 0 Å². The fourth-order valence-electron chi connectivity index (χ4n) is 0.318. The molecule has 0 amide bonds. The predicted molar refractivity (Wildman–Crippen MR) is 41.7 cm³/mol. The summed E-state index contributed by atoms with van der Waals surface area (Å²) in [5.74, 6) is -1.15. The number of carboxylic acid groups (broad SMARTS) is 1. The summed E-state index contributed by atoms with van der Waals surface area (Å²) in [5, 5.41) is 8.27. The Balaban J connectivity index is 3.93. The number of hydrogen-bond donors (Lipinski definition) is 1. The molecule has 0 saturated heterocycles. The smallest absolute Gasteiger partial charge is 0.331 e. The molecule has 1 N–H and O–H groups in total. The highest BCUT2D eigenvalue weighted by molar-refractivity contribution is 6.67. The molecule has 0 aliphatic carbocycles. The first kappa shape index (κ1) is 10.1. The molecule has 0 aliphatic rings. The molecule has 58 valence electrons. The third-order valence-electron chi connectivity index (χ3n) is 0.716. The molecule has 0 spiro atoms. The van der Waals surface area contributed by atoms with Gasteiger partial charge in [-0.1, -0.05) is 41.4 Å². The number of rotatable bonds is 2. The van der Waals surface area contributed by atoms with Gasteiger partial charge in [-0.25, -0.2) is 4.79 Å². The normalized spacial score (nSPS) is 11.1. The van der Waals surface area contributed by atoms with Crippen molar-refractivity contribution in [2.45, 2.75) is 10.2 Å². The van der Waals surface area contributed by atoms with Crippen molar-refractivity contribution in [1.82, 2.24) is 0 Å². The number of carboxylic acids is 1. The Morgan fingerprint density at radius 2 is 1.90 bits per heavy atom. The Morgan fingerprint density at radius 3 is 2.00 bits per heavy atom. The second kappa shape index (κ2) is 3.46. The molecule has 0 radical (unpaired) electrons. The van der Waals surface area contributed by atoms with E-state index in [9.17, 15) is 4.79 Å². The molecule has 10 heavy (non-hydrogen) atoms. The largest absolute Gasteiger partial charge is 0.478 e. The molecular weight excluding hydrogens is 198 g/mol. The van der Waals surface area contributed by atoms with Crippen LogP contribution in [0.5, 0.6) is 0 Å². The third-order valence-corrected chi connectivity index (χ3v) is 1.12. The Kier molecular flexibility index (Phi) is 3.49. The van der Waals surface area contributed by atoms with Crippen molar-refractivity contribution in [3.05, 3.63) is 12.2 Å². The molecule has 0 saturated carbocycles. The lowest BCUT2D eigenvalue weighted by Gasteiger charge is -2.08. The van der Waals surface area contributed by atoms with E-state index in [0.29, 0.717) is 0 Å². The molecule has 0 aliphatic heterocycles. The standard InChI is InChI=1S/C5H5Cl3O2/c1-3(4(9)10)2-5(6,7)8/h1-2H2,(H,9,10). The van der Waals surface area contributed by atoms with Crippen LogP contribution in [0.25, 0.3) is 0 Å². The van der Waals surface area contributed by atoms with Crippen LogP contribution in [-0.4, -0.2) is 14.9 Å². The van der Waals surface area contributed by atoms with Crippen LogP contribution in [0, 0.1) is 0 Å². The van der Waals surface area contributed by atoms with Gasteiger partial charge in [0, 0.05) is 12.0 Å². The zero-order valence-electron chi connectivity index (χ0n) is 4.90. The van der Waals surface area contributed by atoms with Crippen LogP contribution in [0.4, 0.5) is 0 Å². The summed E-state index contributed by atoms with van der Waals surface area (Å²) in [5.41, 5.74) is -0.111. The zero-order chi connectivity index (χ0) is 8.36. The van der Waals surface area contributed by atoms with Crippen molar-refractivity contribution in [1.29, 1.82) is 0 Å². The maximum atomic E-state index is 10.1. The average molecular weight is 203 g/mol. The Labute approximate surface area is 73.4 Å². The van der Waals surface area contributed by atoms with Crippen molar-refractivity contribution in [2.24, 2.45) is 0 Å². The number of carbonyl (C=O) groups is 1. The molecule has 0 aromatic carbocycles. The quantitative estimate of drug-likeness (QED) is 0.553. The molecule has 0 aromatic rings. The summed E-state index contributed by atoms with van der Waals surface area (Å²) < 4.78 is -1.56. The first-order chi connectivity index (χ1) is 4.33. The summed E-state index contributed by atoms with van der Waals surface area (Å²) in [7, 11) is 0. The fraction of sp³-hybridized carbons (Fsp3) is 0.400. The van der Waals surface area contributed by atoms with Gasteiger partial charge in [0.1, 0.15) is 0 Å². The van der Waals surface area contributed by atoms with Gasteiger partial charge in [-0.3, -0.25) is 0 Å². The van der Waals surface area contributed by atoms with Gasteiger partial charge in [0.15, 0.2) is 3.79 Å². The molecule has 0 atom stereocenters. The van der Waals surface area contributed by atoms with E-state index in [1.54, 1.807) is 0 Å². The third kappa shape index (κ3) is 4.91. The van der Waals surface area contributed by atoms with E-state index in [1.165, 1.54) is 0 Å². The summed E-state index contributed by atoms with van der Waals surface area (Å²) in [4.78, 5) is 10.1. The predicted octanol–water partition coefficient (Wildman–Crippen LogP) is 2.39. The van der Waals surface area contributed by atoms with Gasteiger partial charge in [-0.2, -0.15) is 0 Å². The van der Waals surface area contributed by atoms with Crippen molar-refractivity contribution in [3.63, 3.8) is 0 Å². The Hall–Kier alpha value is 0.0800.